The highest BCUT2D eigenvalue weighted by Crippen LogP contribution is 2.40. The number of amides is 1. The molecular weight excluding hydrogens is 695 g/mol. The van der Waals surface area contributed by atoms with Gasteiger partial charge in [0.1, 0.15) is 18.1 Å². The summed E-state index contributed by atoms with van der Waals surface area (Å²) in [4.78, 5) is 16.1. The monoisotopic (exact) mass is 749 g/mol. The number of carbonyl (C=O) groups excluding carboxylic acids is 1. The highest BCUT2D eigenvalue weighted by atomic mass is 32.2. The van der Waals surface area contributed by atoms with Gasteiger partial charge in [0.05, 0.1) is 36.9 Å². The van der Waals surface area contributed by atoms with Gasteiger partial charge in [-0.05, 0) is 86.6 Å². The van der Waals surface area contributed by atoms with Crippen molar-refractivity contribution in [1.82, 2.24) is 9.62 Å². The number of hydrogen-bond acceptors (Lipinski definition) is 9. The maximum atomic E-state index is 14.5. The molecule has 3 aromatic carbocycles. The van der Waals surface area contributed by atoms with Crippen molar-refractivity contribution in [1.29, 1.82) is 0 Å². The molecule has 12 heteroatoms. The van der Waals surface area contributed by atoms with Crippen LogP contribution in [0.4, 0.5) is 5.69 Å². The Balaban J connectivity index is 1.29. The van der Waals surface area contributed by atoms with Crippen LogP contribution in [0.1, 0.15) is 61.6 Å². The lowest BCUT2D eigenvalue weighted by atomic mass is 9.81. The van der Waals surface area contributed by atoms with Gasteiger partial charge in [0, 0.05) is 63.9 Å². The predicted molar refractivity (Wildman–Crippen MR) is 204 cm³/mol. The van der Waals surface area contributed by atoms with Gasteiger partial charge < -0.3 is 33.9 Å². The Kier molecular flexibility index (Phi) is 13.3. The fraction of sp³-hybridized carbons (Fsp3) is 0.537. The van der Waals surface area contributed by atoms with Crippen LogP contribution in [0.5, 0.6) is 11.5 Å². The number of piperidine rings is 1. The van der Waals surface area contributed by atoms with Crippen molar-refractivity contribution in [3.05, 3.63) is 83.4 Å². The number of rotatable bonds is 15. The molecule has 3 aliphatic rings. The van der Waals surface area contributed by atoms with Gasteiger partial charge in [-0.1, -0.05) is 42.8 Å². The van der Waals surface area contributed by atoms with Crippen LogP contribution in [-0.4, -0.2) is 97.1 Å². The molecule has 11 nitrogen and oxygen atoms in total. The molecule has 0 bridgehead atoms. The fourth-order valence-corrected chi connectivity index (χ4v) is 9.34. The molecule has 0 aromatic heterocycles. The number of fused-ring (bicyclic) bond motifs is 1. The third-order valence-corrected chi connectivity index (χ3v) is 12.7. The predicted octanol–water partition coefficient (Wildman–Crippen LogP) is 5.69. The van der Waals surface area contributed by atoms with Crippen LogP contribution in [0.15, 0.2) is 71.6 Å². The Morgan fingerprint density at radius 1 is 1.00 bits per heavy atom. The second-order valence-electron chi connectivity index (χ2n) is 14.5. The molecule has 0 aliphatic carbocycles. The van der Waals surface area contributed by atoms with Crippen LogP contribution in [0.25, 0.3) is 0 Å². The van der Waals surface area contributed by atoms with Crippen LogP contribution < -0.4 is 19.7 Å². The molecule has 6 rings (SSSR count). The van der Waals surface area contributed by atoms with Gasteiger partial charge in [0.2, 0.25) is 15.9 Å². The van der Waals surface area contributed by atoms with E-state index in [1.165, 1.54) is 0 Å². The van der Waals surface area contributed by atoms with Crippen molar-refractivity contribution < 1.29 is 36.9 Å². The van der Waals surface area contributed by atoms with E-state index in [-0.39, 0.29) is 29.3 Å². The summed E-state index contributed by atoms with van der Waals surface area (Å²) in [6.45, 7) is 8.49. The minimum atomic E-state index is -3.94. The van der Waals surface area contributed by atoms with Crippen molar-refractivity contribution in [3.8, 4) is 11.5 Å². The van der Waals surface area contributed by atoms with Gasteiger partial charge in [-0.3, -0.25) is 4.79 Å². The van der Waals surface area contributed by atoms with Crippen molar-refractivity contribution >= 4 is 21.6 Å². The lowest BCUT2D eigenvalue weighted by molar-refractivity contribution is -0.126. The quantitative estimate of drug-likeness (QED) is 0.196. The highest BCUT2D eigenvalue weighted by Gasteiger charge is 2.44. The van der Waals surface area contributed by atoms with Crippen LogP contribution in [-0.2, 0) is 35.6 Å². The minimum absolute atomic E-state index is 0.0587. The molecule has 53 heavy (non-hydrogen) atoms. The number of ether oxygens (including phenoxy) is 5. The lowest BCUT2D eigenvalue weighted by Gasteiger charge is -2.44. The van der Waals surface area contributed by atoms with E-state index in [0.29, 0.717) is 45.9 Å². The zero-order chi connectivity index (χ0) is 37.4. The Hall–Kier alpha value is -3.68. The number of hydrogen-bond donors (Lipinski definition) is 1. The Morgan fingerprint density at radius 3 is 2.47 bits per heavy atom. The average molecular weight is 750 g/mol. The summed E-state index contributed by atoms with van der Waals surface area (Å²) in [6, 6.07) is 20.7. The van der Waals surface area contributed by atoms with Gasteiger partial charge in [-0.25, -0.2) is 8.42 Å². The van der Waals surface area contributed by atoms with Gasteiger partial charge in [0.25, 0.3) is 0 Å². The molecule has 3 aliphatic heterocycles. The van der Waals surface area contributed by atoms with E-state index in [2.05, 4.69) is 16.3 Å². The Bertz CT molecular complexity index is 1750. The molecule has 0 spiro atoms. The maximum Gasteiger partial charge on any atom is 0.243 e. The summed E-state index contributed by atoms with van der Waals surface area (Å²) in [6.07, 6.45) is 2.86. The van der Waals surface area contributed by atoms with Crippen molar-refractivity contribution in [2.24, 2.45) is 5.92 Å². The van der Waals surface area contributed by atoms with E-state index >= 15 is 0 Å². The molecule has 4 atom stereocenters. The zero-order valence-electron chi connectivity index (χ0n) is 31.5. The molecule has 2 saturated heterocycles. The normalized spacial score (nSPS) is 21.7. The number of sulfonamides is 1. The molecule has 1 unspecified atom stereocenters. The second kappa shape index (κ2) is 18.1. The number of methoxy groups -OCH3 is 2. The van der Waals surface area contributed by atoms with Gasteiger partial charge in [-0.15, -0.1) is 0 Å². The molecule has 0 saturated carbocycles. The summed E-state index contributed by atoms with van der Waals surface area (Å²) in [5.74, 6) is 0.993. The van der Waals surface area contributed by atoms with E-state index in [1.807, 2.05) is 62.4 Å². The number of aryl methyl sites for hydroxylation is 1. The lowest BCUT2D eigenvalue weighted by Crippen LogP contribution is -2.53. The first-order chi connectivity index (χ1) is 25.7. The molecule has 288 valence electrons. The molecule has 3 aromatic rings. The van der Waals surface area contributed by atoms with Gasteiger partial charge in [0.15, 0.2) is 0 Å². The summed E-state index contributed by atoms with van der Waals surface area (Å²) >= 11 is 0. The number of carbonyl (C=O) groups is 1. The molecule has 1 amide bonds. The van der Waals surface area contributed by atoms with E-state index in [9.17, 15) is 13.2 Å². The summed E-state index contributed by atoms with van der Waals surface area (Å²) in [5, 5.41) is 3.20. The first-order valence-electron chi connectivity index (χ1n) is 18.9. The first kappa shape index (κ1) is 39.0. The summed E-state index contributed by atoms with van der Waals surface area (Å²) in [5.41, 5.74) is 4.02. The number of anilines is 1. The van der Waals surface area contributed by atoms with Crippen LogP contribution >= 0.6 is 0 Å². The van der Waals surface area contributed by atoms with Crippen molar-refractivity contribution in [3.63, 3.8) is 0 Å². The fourth-order valence-electron chi connectivity index (χ4n) is 7.68. The van der Waals surface area contributed by atoms with Crippen LogP contribution in [0, 0.1) is 12.8 Å². The van der Waals surface area contributed by atoms with Gasteiger partial charge >= 0.3 is 0 Å². The second-order valence-corrected chi connectivity index (χ2v) is 16.4. The molecule has 1 N–H and O–H groups in total. The van der Waals surface area contributed by atoms with E-state index in [4.69, 9.17) is 23.7 Å². The Morgan fingerprint density at radius 2 is 1.75 bits per heavy atom. The zero-order valence-corrected chi connectivity index (χ0v) is 32.3. The number of nitrogens with one attached hydrogen (secondary N) is 1. The van der Waals surface area contributed by atoms with Crippen molar-refractivity contribution in [2.45, 2.75) is 81.6 Å². The SMILES string of the molecule is COCCCN1CCOc2ccc(CO[C@H]3CN(S(=O)(=O)c4ccc(C)cc4)[C@@H](CC(C)C(=O)NC4CCOCC4)C[C@@H]3c3ccc(OC)cc3)cc21. The van der Waals surface area contributed by atoms with E-state index < -0.39 is 28.1 Å². The average Bonchev–Trinajstić information content (AvgIpc) is 3.18. The van der Waals surface area contributed by atoms with Gasteiger partial charge in [-0.2, -0.15) is 4.31 Å². The highest BCUT2D eigenvalue weighted by molar-refractivity contribution is 7.89. The molecular formula is C41H55N3O8S. The number of nitrogens with zero attached hydrogens (tertiary/aromatic N) is 2. The molecule has 0 radical (unpaired) electrons. The van der Waals surface area contributed by atoms with E-state index in [1.54, 1.807) is 30.7 Å². The number of benzene rings is 3. The molecule has 3 heterocycles. The third-order valence-electron chi connectivity index (χ3n) is 10.8. The van der Waals surface area contributed by atoms with Crippen molar-refractivity contribution in [2.75, 3.05) is 65.2 Å². The smallest absolute Gasteiger partial charge is 0.243 e. The third kappa shape index (κ3) is 9.71. The summed E-state index contributed by atoms with van der Waals surface area (Å²) < 4.78 is 59.7. The maximum absolute atomic E-state index is 14.5. The topological polar surface area (TPSA) is 116 Å². The first-order valence-corrected chi connectivity index (χ1v) is 20.3. The van der Waals surface area contributed by atoms with Crippen LogP contribution in [0.2, 0.25) is 0 Å². The Labute approximate surface area is 314 Å². The summed E-state index contributed by atoms with van der Waals surface area (Å²) in [7, 11) is -0.582. The largest absolute Gasteiger partial charge is 0.497 e. The van der Waals surface area contributed by atoms with E-state index in [0.717, 1.165) is 66.2 Å². The minimum Gasteiger partial charge on any atom is -0.497 e. The molecule has 2 fully saturated rings. The van der Waals surface area contributed by atoms with Crippen LogP contribution in [0.3, 0.4) is 0 Å². The standard InChI is InChI=1S/C41H55N3O8S/c1-29-6-13-36(14-7-29)53(46,47)44-27-40(52-28-31-8-15-39-38(25-31)43(19-23-51-39)18-5-20-48-3)37(32-9-11-35(49-4)12-10-32)26-34(44)24-30(2)41(45)42-33-16-21-50-22-17-33/h6-15,25,30,33-34,37,40H,5,16-24,26-28H2,1-4H3,(H,42,45)/t30?,34-,37+,40-/m0/s1.